The van der Waals surface area contributed by atoms with E-state index in [9.17, 15) is 19.7 Å². The van der Waals surface area contributed by atoms with Crippen molar-refractivity contribution >= 4 is 49.0 Å². The zero-order chi connectivity index (χ0) is 39.7. The predicted molar refractivity (Wildman–Crippen MR) is 224 cm³/mol. The lowest BCUT2D eigenvalue weighted by Crippen LogP contribution is -2.66. The van der Waals surface area contributed by atoms with Crippen molar-refractivity contribution in [3.8, 4) is 0 Å². The fourth-order valence-corrected chi connectivity index (χ4v) is 14.1. The molecule has 10 heteroatoms. The van der Waals surface area contributed by atoms with Crippen molar-refractivity contribution < 1.29 is 33.2 Å². The van der Waals surface area contributed by atoms with Gasteiger partial charge in [0.1, 0.15) is 18.1 Å². The van der Waals surface area contributed by atoms with Crippen LogP contribution in [-0.4, -0.2) is 54.8 Å². The Labute approximate surface area is 335 Å². The minimum atomic E-state index is -3.00. The molecule has 2 aromatic heterocycles. The molecule has 0 unspecified atom stereocenters. The van der Waals surface area contributed by atoms with Gasteiger partial charge in [-0.2, -0.15) is 0 Å². The molecule has 5 aromatic rings. The average Bonchev–Trinajstić information content (AvgIpc) is 3.69. The van der Waals surface area contributed by atoms with E-state index in [-0.39, 0.29) is 36.1 Å². The zero-order valence-electron chi connectivity index (χ0n) is 32.6. The summed E-state index contributed by atoms with van der Waals surface area (Å²) in [6.07, 6.45) is 4.66. The summed E-state index contributed by atoms with van der Waals surface area (Å²) < 4.78 is 19.9. The van der Waals surface area contributed by atoms with Gasteiger partial charge in [0.25, 0.3) is 8.32 Å². The Balaban J connectivity index is 1.23. The van der Waals surface area contributed by atoms with Crippen LogP contribution < -0.4 is 10.4 Å². The van der Waals surface area contributed by atoms with Crippen molar-refractivity contribution in [2.45, 2.75) is 64.1 Å². The lowest BCUT2D eigenvalue weighted by Gasteiger charge is -2.48. The van der Waals surface area contributed by atoms with Gasteiger partial charge in [-0.1, -0.05) is 112 Å². The SMILES string of the molecule is CC(C)(C)[Si](OCC1=C2[C@@H](CC/C(=C/c3ccc(CO)o3)c3ccccn3)OB(O)C[C@@H]2[C@@H]2C(=O)c3ccccc3C(=O)[C@@H]2C1)(c1ccccc1)c1ccccc1. The third-order valence-corrected chi connectivity index (χ3v) is 17.0. The van der Waals surface area contributed by atoms with Gasteiger partial charge in [-0.3, -0.25) is 14.6 Å². The first kappa shape index (κ1) is 38.9. The summed E-state index contributed by atoms with van der Waals surface area (Å²) in [5, 5.41) is 23.1. The highest BCUT2D eigenvalue weighted by molar-refractivity contribution is 6.99. The first-order chi connectivity index (χ1) is 27.6. The van der Waals surface area contributed by atoms with Gasteiger partial charge in [0.05, 0.1) is 18.4 Å². The van der Waals surface area contributed by atoms with Crippen molar-refractivity contribution in [1.29, 1.82) is 0 Å². The summed E-state index contributed by atoms with van der Waals surface area (Å²) in [5.74, 6) is -0.644. The highest BCUT2D eigenvalue weighted by atomic mass is 28.4. The van der Waals surface area contributed by atoms with Gasteiger partial charge in [0, 0.05) is 29.2 Å². The number of ketones is 2. The number of aliphatic hydroxyl groups excluding tert-OH is 1. The molecule has 1 saturated heterocycles. The highest BCUT2D eigenvalue weighted by Gasteiger charge is 2.55. The topological polar surface area (TPSA) is 119 Å². The number of nitrogens with zero attached hydrogens (tertiary/aromatic N) is 1. The second-order valence-electron chi connectivity index (χ2n) is 16.4. The van der Waals surface area contributed by atoms with E-state index in [1.807, 2.05) is 54.6 Å². The van der Waals surface area contributed by atoms with Crippen LogP contribution in [-0.2, 0) is 15.7 Å². The molecule has 57 heavy (non-hydrogen) atoms. The van der Waals surface area contributed by atoms with E-state index in [0.29, 0.717) is 41.9 Å². The molecule has 3 aromatic carbocycles. The van der Waals surface area contributed by atoms with Crippen LogP contribution in [0.15, 0.2) is 137 Å². The molecule has 8 nitrogen and oxygen atoms in total. The van der Waals surface area contributed by atoms with Gasteiger partial charge in [0.2, 0.25) is 0 Å². The van der Waals surface area contributed by atoms with Crippen LogP contribution in [0.1, 0.15) is 78.0 Å². The van der Waals surface area contributed by atoms with Crippen LogP contribution in [0.4, 0.5) is 0 Å². The summed E-state index contributed by atoms with van der Waals surface area (Å²) in [6, 6.07) is 37.4. The number of aromatic nitrogens is 1. The van der Waals surface area contributed by atoms with Gasteiger partial charge >= 0.3 is 7.12 Å². The lowest BCUT2D eigenvalue weighted by molar-refractivity contribution is 0.0592. The Morgan fingerprint density at radius 1 is 0.860 bits per heavy atom. The van der Waals surface area contributed by atoms with Crippen LogP contribution in [0.2, 0.25) is 11.4 Å². The molecule has 2 aliphatic carbocycles. The Morgan fingerprint density at radius 2 is 1.51 bits per heavy atom. The Bertz CT molecular complexity index is 2260. The van der Waals surface area contributed by atoms with E-state index in [1.54, 1.807) is 24.4 Å². The molecule has 0 bridgehead atoms. The van der Waals surface area contributed by atoms with Crippen LogP contribution in [0.5, 0.6) is 0 Å². The van der Waals surface area contributed by atoms with Crippen molar-refractivity contribution in [3.05, 3.63) is 161 Å². The number of hydrogen-bond donors (Lipinski definition) is 2. The predicted octanol–water partition coefficient (Wildman–Crippen LogP) is 7.57. The number of carbonyl (C=O) groups is 2. The second-order valence-corrected chi connectivity index (χ2v) is 20.7. The largest absolute Gasteiger partial charge is 0.459 e. The highest BCUT2D eigenvalue weighted by Crippen LogP contribution is 2.51. The molecule has 1 aliphatic heterocycles. The minimum absolute atomic E-state index is 0.0317. The fraction of sp³-hybridized carbons (Fsp3) is 0.298. The standard InChI is InChI=1S/C47H48BNO7Si/c1-47(2,3)57(35-14-6-4-7-15-35,36-16-8-5-9-17-36)54-30-32-27-39-44(46(52)38-19-11-10-18-37(38)45(39)51)40-28-48(53)56-42(43(32)40)24-21-31(41-20-12-13-25-49-41)26-33-22-23-34(29-50)55-33/h4-20,22-23,25-26,39-40,42,44,50,53H,21,24,27-30H2,1-3H3/b31-26-/t39-,40+,42-,44-/m1/s1. The van der Waals surface area contributed by atoms with Crippen molar-refractivity contribution in [2.24, 2.45) is 17.8 Å². The molecule has 0 saturated carbocycles. The first-order valence-corrected chi connectivity index (χ1v) is 21.8. The van der Waals surface area contributed by atoms with Gasteiger partial charge in [-0.25, -0.2) is 0 Å². The Kier molecular flexibility index (Phi) is 11.0. The number of allylic oxidation sites excluding steroid dienone is 1. The van der Waals surface area contributed by atoms with E-state index in [4.69, 9.17) is 13.5 Å². The molecule has 1 fully saturated rings. The molecular formula is C47H48BNO7Si. The number of rotatable bonds is 11. The molecule has 0 spiro atoms. The Morgan fingerprint density at radius 3 is 2.12 bits per heavy atom. The number of carbonyl (C=O) groups excluding carboxylic acids is 2. The zero-order valence-corrected chi connectivity index (χ0v) is 33.6. The number of Topliss-reactive ketones (excluding diaryl/α,β-unsaturated/α-hetero) is 2. The van der Waals surface area contributed by atoms with Crippen molar-refractivity contribution in [3.63, 3.8) is 0 Å². The van der Waals surface area contributed by atoms with E-state index < -0.39 is 39.3 Å². The number of hydrogen-bond acceptors (Lipinski definition) is 8. The van der Waals surface area contributed by atoms with Crippen molar-refractivity contribution in [1.82, 2.24) is 4.98 Å². The van der Waals surface area contributed by atoms with Crippen LogP contribution in [0.3, 0.4) is 0 Å². The molecule has 4 atom stereocenters. The molecule has 0 radical (unpaired) electrons. The number of benzene rings is 3. The molecule has 0 amide bonds. The number of fused-ring (bicyclic) bond motifs is 4. The van der Waals surface area contributed by atoms with E-state index >= 15 is 0 Å². The molecule has 3 heterocycles. The van der Waals surface area contributed by atoms with Gasteiger partial charge in [-0.15, -0.1) is 0 Å². The van der Waals surface area contributed by atoms with E-state index in [2.05, 4.69) is 74.3 Å². The summed E-state index contributed by atoms with van der Waals surface area (Å²) in [4.78, 5) is 33.6. The number of pyridine rings is 1. The quantitative estimate of drug-likeness (QED) is 0.104. The van der Waals surface area contributed by atoms with Crippen LogP contribution >= 0.6 is 0 Å². The smallest absolute Gasteiger partial charge is 0.455 e. The van der Waals surface area contributed by atoms with E-state index in [0.717, 1.165) is 32.8 Å². The lowest BCUT2D eigenvalue weighted by atomic mass is 9.54. The van der Waals surface area contributed by atoms with E-state index in [1.165, 1.54) is 0 Å². The summed E-state index contributed by atoms with van der Waals surface area (Å²) in [6.45, 7) is 6.78. The summed E-state index contributed by atoms with van der Waals surface area (Å²) >= 11 is 0. The molecular weight excluding hydrogens is 729 g/mol. The Hall–Kier alpha value is -4.97. The molecule has 2 N–H and O–H groups in total. The van der Waals surface area contributed by atoms with Crippen LogP contribution in [0.25, 0.3) is 11.6 Å². The van der Waals surface area contributed by atoms with Crippen molar-refractivity contribution in [2.75, 3.05) is 6.61 Å². The number of aliphatic hydroxyl groups is 1. The molecule has 3 aliphatic rings. The average molecular weight is 778 g/mol. The first-order valence-electron chi connectivity index (χ1n) is 19.9. The third kappa shape index (κ3) is 7.37. The summed E-state index contributed by atoms with van der Waals surface area (Å²) in [5.41, 5.74) is 4.51. The van der Waals surface area contributed by atoms with Crippen LogP contribution in [0, 0.1) is 17.8 Å². The third-order valence-electron chi connectivity index (χ3n) is 12.1. The van der Waals surface area contributed by atoms with Gasteiger partial charge in [-0.05, 0) is 94.0 Å². The number of furan rings is 1. The maximum absolute atomic E-state index is 14.5. The molecule has 290 valence electrons. The maximum Gasteiger partial charge on any atom is 0.455 e. The summed E-state index contributed by atoms with van der Waals surface area (Å²) in [7, 11) is -4.13. The fourth-order valence-electron chi connectivity index (χ4n) is 9.60. The van der Waals surface area contributed by atoms with Gasteiger partial charge in [0.15, 0.2) is 11.6 Å². The second kappa shape index (κ2) is 16.1. The maximum atomic E-state index is 14.5. The monoisotopic (exact) mass is 777 g/mol. The van der Waals surface area contributed by atoms with Gasteiger partial charge < -0.3 is 23.6 Å². The normalized spacial score (nSPS) is 21.3. The minimum Gasteiger partial charge on any atom is -0.459 e. The molecule has 8 rings (SSSR count).